The van der Waals surface area contributed by atoms with Crippen molar-refractivity contribution in [1.29, 1.82) is 0 Å². The molecule has 9 nitrogen and oxygen atoms in total. The van der Waals surface area contributed by atoms with Crippen LogP contribution >= 0.6 is 11.3 Å². The fourth-order valence-electron chi connectivity index (χ4n) is 3.98. The largest absolute Gasteiger partial charge is 0.336 e. The molecule has 0 aliphatic rings. The van der Waals surface area contributed by atoms with Crippen molar-refractivity contribution in [2.45, 2.75) is 19.8 Å². The van der Waals surface area contributed by atoms with Crippen molar-refractivity contribution >= 4 is 45.0 Å². The van der Waals surface area contributed by atoms with Crippen molar-refractivity contribution in [1.82, 2.24) is 35.1 Å². The van der Waals surface area contributed by atoms with Gasteiger partial charge in [0.15, 0.2) is 11.5 Å². The summed E-state index contributed by atoms with van der Waals surface area (Å²) in [5.41, 5.74) is 7.77. The quantitative estimate of drug-likeness (QED) is 0.292. The molecule has 0 bridgehead atoms. The first-order chi connectivity index (χ1) is 17.2. The number of aromatic amines is 2. The van der Waals surface area contributed by atoms with Gasteiger partial charge in [0.2, 0.25) is 5.91 Å². The van der Waals surface area contributed by atoms with Crippen LogP contribution in [0.5, 0.6) is 0 Å². The van der Waals surface area contributed by atoms with Crippen LogP contribution in [0.3, 0.4) is 0 Å². The lowest BCUT2D eigenvalue weighted by atomic mass is 10.1. The zero-order valence-corrected chi connectivity index (χ0v) is 19.6. The van der Waals surface area contributed by atoms with E-state index in [1.807, 2.05) is 42.6 Å². The minimum Gasteiger partial charge on any atom is -0.336 e. The molecule has 1 amide bonds. The van der Waals surface area contributed by atoms with Crippen LogP contribution < -0.4 is 5.32 Å². The van der Waals surface area contributed by atoms with E-state index in [0.29, 0.717) is 29.1 Å². The number of nitrogens with zero attached hydrogens (tertiary/aromatic N) is 5. The maximum atomic E-state index is 12.0. The number of amides is 1. The number of thiophene rings is 1. The van der Waals surface area contributed by atoms with Gasteiger partial charge in [-0.15, -0.1) is 0 Å². The van der Waals surface area contributed by atoms with E-state index >= 15 is 0 Å². The Labute approximate surface area is 203 Å². The third-order valence-corrected chi connectivity index (χ3v) is 6.31. The first-order valence-corrected chi connectivity index (χ1v) is 12.1. The minimum absolute atomic E-state index is 0.0341. The summed E-state index contributed by atoms with van der Waals surface area (Å²) in [6, 6.07) is 9.63. The molecule has 0 aliphatic carbocycles. The summed E-state index contributed by atoms with van der Waals surface area (Å²) in [6.07, 6.45) is 6.38. The Kier molecular flexibility index (Phi) is 5.27. The Morgan fingerprint density at radius 3 is 2.80 bits per heavy atom. The van der Waals surface area contributed by atoms with E-state index in [2.05, 4.69) is 35.8 Å². The topological polar surface area (TPSA) is 125 Å². The summed E-state index contributed by atoms with van der Waals surface area (Å²) in [6.45, 7) is 1.97. The number of fused-ring (bicyclic) bond motifs is 2. The highest BCUT2D eigenvalue weighted by Crippen LogP contribution is 2.31. The van der Waals surface area contributed by atoms with Crippen molar-refractivity contribution in [3.05, 3.63) is 59.7 Å². The summed E-state index contributed by atoms with van der Waals surface area (Å²) in [7, 11) is 0. The predicted molar refractivity (Wildman–Crippen MR) is 137 cm³/mol. The van der Waals surface area contributed by atoms with Crippen molar-refractivity contribution < 1.29 is 4.79 Å². The van der Waals surface area contributed by atoms with Gasteiger partial charge in [0.1, 0.15) is 11.0 Å². The highest BCUT2D eigenvalue weighted by molar-refractivity contribution is 7.08. The molecule has 6 aromatic heterocycles. The number of imidazole rings is 1. The second-order valence-corrected chi connectivity index (χ2v) is 8.86. The molecule has 0 unspecified atom stereocenters. The van der Waals surface area contributed by atoms with Gasteiger partial charge in [-0.25, -0.2) is 9.97 Å². The number of rotatable bonds is 6. The molecule has 0 atom stereocenters. The van der Waals surface area contributed by atoms with Crippen LogP contribution in [0, 0.1) is 0 Å². The lowest BCUT2D eigenvalue weighted by molar-refractivity contribution is -0.116. The van der Waals surface area contributed by atoms with E-state index in [1.165, 1.54) is 0 Å². The number of carbonyl (C=O) groups excluding carboxylic acids is 1. The highest BCUT2D eigenvalue weighted by atomic mass is 32.1. The van der Waals surface area contributed by atoms with Crippen LogP contribution in [0.4, 0.5) is 5.69 Å². The van der Waals surface area contributed by atoms with Gasteiger partial charge in [-0.3, -0.25) is 19.9 Å². The van der Waals surface area contributed by atoms with Gasteiger partial charge in [-0.1, -0.05) is 6.92 Å². The maximum Gasteiger partial charge on any atom is 0.224 e. The van der Waals surface area contributed by atoms with Crippen LogP contribution in [0.25, 0.3) is 56.1 Å². The molecule has 172 valence electrons. The number of nitrogens with one attached hydrogen (secondary N) is 3. The number of H-pyrrole nitrogens is 2. The van der Waals surface area contributed by atoms with Gasteiger partial charge in [-0.05, 0) is 42.1 Å². The summed E-state index contributed by atoms with van der Waals surface area (Å²) >= 11 is 1.62. The monoisotopic (exact) mass is 480 g/mol. The molecule has 6 rings (SSSR count). The Morgan fingerprint density at radius 2 is 1.94 bits per heavy atom. The molecule has 0 saturated heterocycles. The van der Waals surface area contributed by atoms with Crippen LogP contribution in [-0.4, -0.2) is 41.0 Å². The van der Waals surface area contributed by atoms with E-state index in [-0.39, 0.29) is 5.91 Å². The van der Waals surface area contributed by atoms with E-state index in [0.717, 1.165) is 45.5 Å². The predicted octanol–water partition coefficient (Wildman–Crippen LogP) is 5.43. The number of pyridine rings is 3. The average Bonchev–Trinajstić information content (AvgIpc) is 3.63. The Balaban J connectivity index is 1.40. The van der Waals surface area contributed by atoms with Gasteiger partial charge in [0, 0.05) is 35.3 Å². The van der Waals surface area contributed by atoms with Crippen molar-refractivity contribution in [2.24, 2.45) is 0 Å². The summed E-state index contributed by atoms with van der Waals surface area (Å²) in [4.78, 5) is 33.9. The second-order valence-electron chi connectivity index (χ2n) is 8.08. The Hall–Kier alpha value is -4.44. The molecule has 0 saturated carbocycles. The van der Waals surface area contributed by atoms with E-state index < -0.39 is 0 Å². The van der Waals surface area contributed by atoms with Crippen molar-refractivity contribution in [3.63, 3.8) is 0 Å². The molecule has 0 spiro atoms. The number of hydrogen-bond acceptors (Lipinski definition) is 7. The lowest BCUT2D eigenvalue weighted by Crippen LogP contribution is -2.10. The fourth-order valence-corrected chi connectivity index (χ4v) is 4.62. The highest BCUT2D eigenvalue weighted by Gasteiger charge is 2.17. The SMILES string of the molecule is CCCC(=O)Nc1cncc(-c2ccc3[nH]nc(-c4nc5c(-c6ccsc6)nccc5[nH]4)c3n2)c1. The molecule has 0 fully saturated rings. The molecule has 0 aromatic carbocycles. The molecule has 35 heavy (non-hydrogen) atoms. The lowest BCUT2D eigenvalue weighted by Gasteiger charge is -2.06. The average molecular weight is 481 g/mol. The standard InChI is InChI=1S/C25H20N8OS/c1-2-3-20(34)28-16-10-15(11-26-12-16)17-4-5-19-23(29-17)24(33-32-19)25-30-18-6-8-27-21(22(18)31-25)14-7-9-35-13-14/h4-13H,2-3H2,1H3,(H,28,34)(H,30,31)(H,32,33). The third kappa shape index (κ3) is 3.93. The van der Waals surface area contributed by atoms with Gasteiger partial charge in [0.25, 0.3) is 0 Å². The minimum atomic E-state index is -0.0341. The third-order valence-electron chi connectivity index (χ3n) is 5.62. The van der Waals surface area contributed by atoms with Crippen LogP contribution in [-0.2, 0) is 4.79 Å². The smallest absolute Gasteiger partial charge is 0.224 e. The zero-order chi connectivity index (χ0) is 23.8. The number of hydrogen-bond donors (Lipinski definition) is 3. The Bertz CT molecular complexity index is 1670. The number of anilines is 1. The number of aromatic nitrogens is 7. The molecule has 3 N–H and O–H groups in total. The van der Waals surface area contributed by atoms with E-state index in [9.17, 15) is 4.79 Å². The molecule has 6 aromatic rings. The second kappa shape index (κ2) is 8.73. The first kappa shape index (κ1) is 21.1. The molecule has 6 heterocycles. The molecular formula is C25H20N8OS. The van der Waals surface area contributed by atoms with Gasteiger partial charge in [0.05, 0.1) is 34.3 Å². The van der Waals surface area contributed by atoms with Crippen LogP contribution in [0.1, 0.15) is 19.8 Å². The number of carbonyl (C=O) groups is 1. The maximum absolute atomic E-state index is 12.0. The zero-order valence-electron chi connectivity index (χ0n) is 18.7. The summed E-state index contributed by atoms with van der Waals surface area (Å²) < 4.78 is 0. The molecule has 0 radical (unpaired) electrons. The van der Waals surface area contributed by atoms with Gasteiger partial charge < -0.3 is 10.3 Å². The van der Waals surface area contributed by atoms with Crippen molar-refractivity contribution in [3.8, 4) is 34.0 Å². The van der Waals surface area contributed by atoms with Gasteiger partial charge in [-0.2, -0.15) is 16.4 Å². The summed E-state index contributed by atoms with van der Waals surface area (Å²) in [5, 5.41) is 14.5. The van der Waals surface area contributed by atoms with Crippen LogP contribution in [0.2, 0.25) is 0 Å². The fraction of sp³-hybridized carbons (Fsp3) is 0.120. The normalized spacial score (nSPS) is 11.3. The Morgan fingerprint density at radius 1 is 1.03 bits per heavy atom. The van der Waals surface area contributed by atoms with Crippen molar-refractivity contribution in [2.75, 3.05) is 5.32 Å². The molecule has 0 aliphatic heterocycles. The van der Waals surface area contributed by atoms with E-state index in [4.69, 9.17) is 9.97 Å². The molecular weight excluding hydrogens is 460 g/mol. The molecule has 10 heteroatoms. The van der Waals surface area contributed by atoms with E-state index in [1.54, 1.807) is 29.9 Å². The van der Waals surface area contributed by atoms with Crippen LogP contribution in [0.15, 0.2) is 59.7 Å². The summed E-state index contributed by atoms with van der Waals surface area (Å²) in [5.74, 6) is 0.576. The van der Waals surface area contributed by atoms with Gasteiger partial charge >= 0.3 is 0 Å². The first-order valence-electron chi connectivity index (χ1n) is 11.2.